The van der Waals surface area contributed by atoms with E-state index in [1.807, 2.05) is 13.0 Å². The summed E-state index contributed by atoms with van der Waals surface area (Å²) < 4.78 is 0. The predicted octanol–water partition coefficient (Wildman–Crippen LogP) is 2.61. The molecule has 0 aliphatic heterocycles. The van der Waals surface area contributed by atoms with E-state index in [9.17, 15) is 4.79 Å². The van der Waals surface area contributed by atoms with Crippen molar-refractivity contribution in [2.24, 2.45) is 5.41 Å². The molecule has 0 spiro atoms. The van der Waals surface area contributed by atoms with Gasteiger partial charge in [0.2, 0.25) is 0 Å². The topological polar surface area (TPSA) is 74.0 Å². The molecule has 0 bridgehead atoms. The van der Waals surface area contributed by atoms with E-state index in [0.29, 0.717) is 10.6 Å². The summed E-state index contributed by atoms with van der Waals surface area (Å²) in [4.78, 5) is 15.1. The molecule has 1 aliphatic carbocycles. The van der Waals surface area contributed by atoms with E-state index in [4.69, 9.17) is 10.4 Å². The molecular weight excluding hydrogens is 248 g/mol. The van der Waals surface area contributed by atoms with Gasteiger partial charge in [0, 0.05) is 11.4 Å². The van der Waals surface area contributed by atoms with Gasteiger partial charge in [-0.1, -0.05) is 0 Å². The van der Waals surface area contributed by atoms with Crippen LogP contribution in [0.25, 0.3) is 0 Å². The van der Waals surface area contributed by atoms with Gasteiger partial charge < -0.3 is 5.11 Å². The van der Waals surface area contributed by atoms with Crippen LogP contribution in [0.1, 0.15) is 30.5 Å². The van der Waals surface area contributed by atoms with Crippen molar-refractivity contribution < 1.29 is 9.90 Å². The van der Waals surface area contributed by atoms with Crippen LogP contribution < -0.4 is 0 Å². The highest BCUT2D eigenvalue weighted by Crippen LogP contribution is 2.51. The molecular formula is C13H14N2O2S. The van der Waals surface area contributed by atoms with Crippen molar-refractivity contribution in [3.8, 4) is 6.07 Å². The van der Waals surface area contributed by atoms with E-state index in [2.05, 4.69) is 11.1 Å². The lowest BCUT2D eigenvalue weighted by atomic mass is 10.1. The third-order valence-corrected chi connectivity index (χ3v) is 4.46. The first kappa shape index (κ1) is 12.9. The van der Waals surface area contributed by atoms with Crippen LogP contribution in [0.15, 0.2) is 17.2 Å². The summed E-state index contributed by atoms with van der Waals surface area (Å²) in [5.41, 5.74) is 1.37. The van der Waals surface area contributed by atoms with Gasteiger partial charge in [0.1, 0.15) is 11.1 Å². The molecule has 18 heavy (non-hydrogen) atoms. The lowest BCUT2D eigenvalue weighted by molar-refractivity contribution is -0.138. The maximum absolute atomic E-state index is 10.8. The molecule has 4 nitrogen and oxygen atoms in total. The van der Waals surface area contributed by atoms with Crippen LogP contribution >= 0.6 is 11.8 Å². The molecule has 0 unspecified atom stereocenters. The molecule has 1 saturated carbocycles. The van der Waals surface area contributed by atoms with Gasteiger partial charge in [0.05, 0.1) is 12.0 Å². The average molecular weight is 262 g/mol. The van der Waals surface area contributed by atoms with Crippen molar-refractivity contribution in [1.29, 1.82) is 5.26 Å². The molecule has 5 heteroatoms. The third kappa shape index (κ3) is 3.02. The summed E-state index contributed by atoms with van der Waals surface area (Å²) in [6.07, 6.45) is 2.13. The van der Waals surface area contributed by atoms with Gasteiger partial charge in [0.15, 0.2) is 0 Å². The van der Waals surface area contributed by atoms with Crippen LogP contribution in [-0.4, -0.2) is 21.8 Å². The first-order chi connectivity index (χ1) is 8.54. The summed E-state index contributed by atoms with van der Waals surface area (Å²) in [6, 6.07) is 5.70. The zero-order valence-corrected chi connectivity index (χ0v) is 11.0. The number of aryl methyl sites for hydroxylation is 1. The molecule has 0 atom stereocenters. The van der Waals surface area contributed by atoms with Crippen LogP contribution in [0.2, 0.25) is 0 Å². The Balaban J connectivity index is 2.05. The number of carbonyl (C=O) groups is 1. The summed E-state index contributed by atoms with van der Waals surface area (Å²) in [5.74, 6) is -0.0180. The molecule has 1 aliphatic rings. The minimum absolute atomic E-state index is 0.0748. The molecule has 1 fully saturated rings. The number of carboxylic acids is 1. The van der Waals surface area contributed by atoms with E-state index >= 15 is 0 Å². The number of pyridine rings is 1. The number of rotatable bonds is 5. The minimum atomic E-state index is -0.745. The second kappa shape index (κ2) is 4.99. The second-order valence-electron chi connectivity index (χ2n) is 4.78. The van der Waals surface area contributed by atoms with Gasteiger partial charge in [-0.15, -0.1) is 11.8 Å². The summed E-state index contributed by atoms with van der Waals surface area (Å²) in [6.45, 7) is 1.88. The Bertz CT molecular complexity index is 518. The van der Waals surface area contributed by atoms with Crippen LogP contribution in [0.3, 0.4) is 0 Å². The molecule has 0 radical (unpaired) electrons. The van der Waals surface area contributed by atoms with Crippen LogP contribution in [0.4, 0.5) is 0 Å². The van der Waals surface area contributed by atoms with E-state index < -0.39 is 5.97 Å². The van der Waals surface area contributed by atoms with Crippen molar-refractivity contribution in [2.45, 2.75) is 31.2 Å². The van der Waals surface area contributed by atoms with Crippen molar-refractivity contribution in [1.82, 2.24) is 4.98 Å². The molecule has 1 aromatic rings. The molecule has 1 N–H and O–H groups in total. The third-order valence-electron chi connectivity index (χ3n) is 3.12. The van der Waals surface area contributed by atoms with Gasteiger partial charge in [-0.05, 0) is 37.3 Å². The Morgan fingerprint density at radius 3 is 2.89 bits per heavy atom. The van der Waals surface area contributed by atoms with Gasteiger partial charge in [-0.25, -0.2) is 4.98 Å². The summed E-state index contributed by atoms with van der Waals surface area (Å²) in [7, 11) is 0. The highest BCUT2D eigenvalue weighted by atomic mass is 32.2. The smallest absolute Gasteiger partial charge is 0.303 e. The fourth-order valence-corrected chi connectivity index (χ4v) is 3.13. The van der Waals surface area contributed by atoms with E-state index in [-0.39, 0.29) is 11.8 Å². The number of hydrogen-bond donors (Lipinski definition) is 1. The Kier molecular flexibility index (Phi) is 3.58. The maximum atomic E-state index is 10.8. The molecule has 0 amide bonds. The summed E-state index contributed by atoms with van der Waals surface area (Å²) >= 11 is 1.50. The minimum Gasteiger partial charge on any atom is -0.481 e. The predicted molar refractivity (Wildman–Crippen MR) is 68.3 cm³/mol. The molecule has 94 valence electrons. The Hall–Kier alpha value is -1.54. The molecule has 0 saturated heterocycles. The first-order valence-electron chi connectivity index (χ1n) is 5.77. The molecule has 1 heterocycles. The first-order valence-corrected chi connectivity index (χ1v) is 6.76. The monoisotopic (exact) mass is 262 g/mol. The maximum Gasteiger partial charge on any atom is 0.303 e. The number of nitriles is 1. The highest BCUT2D eigenvalue weighted by Gasteiger charge is 2.44. The number of aromatic nitrogens is 1. The molecule has 1 aromatic heterocycles. The second-order valence-corrected chi connectivity index (χ2v) is 5.74. The van der Waals surface area contributed by atoms with E-state index in [1.165, 1.54) is 11.8 Å². The van der Waals surface area contributed by atoms with Crippen LogP contribution in [-0.2, 0) is 4.79 Å². The number of carboxylic acid groups (broad SMARTS) is 1. The zero-order chi connectivity index (χ0) is 13.2. The van der Waals surface area contributed by atoms with Crippen LogP contribution in [0, 0.1) is 23.7 Å². The number of aliphatic carboxylic acids is 1. The van der Waals surface area contributed by atoms with Gasteiger partial charge in [-0.2, -0.15) is 5.26 Å². The van der Waals surface area contributed by atoms with Crippen LogP contribution in [0.5, 0.6) is 0 Å². The number of thioether (sulfide) groups is 1. The van der Waals surface area contributed by atoms with Gasteiger partial charge in [0.25, 0.3) is 0 Å². The normalized spacial score (nSPS) is 16.0. The largest absolute Gasteiger partial charge is 0.481 e. The number of nitrogens with zero attached hydrogens (tertiary/aromatic N) is 2. The SMILES string of the molecule is Cc1ccc(C#N)c(SCC2(CC(=O)O)CC2)n1. The van der Waals surface area contributed by atoms with Gasteiger partial charge >= 0.3 is 5.97 Å². The van der Waals surface area contributed by atoms with E-state index in [0.717, 1.165) is 24.3 Å². The Labute approximate surface area is 110 Å². The highest BCUT2D eigenvalue weighted by molar-refractivity contribution is 7.99. The lowest BCUT2D eigenvalue weighted by Crippen LogP contribution is -2.11. The Morgan fingerprint density at radius 2 is 2.33 bits per heavy atom. The molecule has 2 rings (SSSR count). The average Bonchev–Trinajstić information content (AvgIpc) is 3.06. The molecule has 0 aromatic carbocycles. The van der Waals surface area contributed by atoms with Crippen molar-refractivity contribution in [2.75, 3.05) is 5.75 Å². The lowest BCUT2D eigenvalue weighted by Gasteiger charge is -2.12. The van der Waals surface area contributed by atoms with E-state index in [1.54, 1.807) is 6.07 Å². The fourth-order valence-electron chi connectivity index (χ4n) is 1.82. The quantitative estimate of drug-likeness (QED) is 0.826. The summed E-state index contributed by atoms with van der Waals surface area (Å²) in [5, 5.41) is 18.6. The Morgan fingerprint density at radius 1 is 1.61 bits per heavy atom. The van der Waals surface area contributed by atoms with Gasteiger partial charge in [-0.3, -0.25) is 4.79 Å². The van der Waals surface area contributed by atoms with Crippen molar-refractivity contribution >= 4 is 17.7 Å². The standard InChI is InChI=1S/C13H14N2O2S/c1-9-2-3-10(7-14)12(15-9)18-8-13(4-5-13)6-11(16)17/h2-3H,4-6,8H2,1H3,(H,16,17). The zero-order valence-electron chi connectivity index (χ0n) is 10.1. The fraction of sp³-hybridized carbons (Fsp3) is 0.462. The van der Waals surface area contributed by atoms with Crippen molar-refractivity contribution in [3.63, 3.8) is 0 Å². The van der Waals surface area contributed by atoms with Crippen molar-refractivity contribution in [3.05, 3.63) is 23.4 Å². The number of hydrogen-bond acceptors (Lipinski definition) is 4.